The normalized spacial score (nSPS) is 16.3. The summed E-state index contributed by atoms with van der Waals surface area (Å²) in [5.41, 5.74) is 20.7. The lowest BCUT2D eigenvalue weighted by molar-refractivity contribution is 0.143. The van der Waals surface area contributed by atoms with Crippen molar-refractivity contribution in [1.82, 2.24) is 14.5 Å². The van der Waals surface area contributed by atoms with Crippen molar-refractivity contribution in [3.63, 3.8) is 0 Å². The minimum atomic E-state index is -1.55. The number of pyridine rings is 1. The van der Waals surface area contributed by atoms with E-state index in [0.29, 0.717) is 45.5 Å². The van der Waals surface area contributed by atoms with E-state index in [9.17, 15) is 14.7 Å². The third kappa shape index (κ3) is 6.32. The van der Waals surface area contributed by atoms with E-state index < -0.39 is 11.6 Å². The van der Waals surface area contributed by atoms with Crippen LogP contribution in [0.2, 0.25) is 0 Å². The van der Waals surface area contributed by atoms with E-state index in [1.54, 1.807) is 25.4 Å². The number of rotatable bonds is 6. The standard InChI is InChI=1S/C31H32N6O6/c1-41-25-14-18(12-20-15-35-30(34)36-29(20)33)11-19(28(25)42-2)5-3-17-4-10-23-24(13-17)37(22-8-6-21(32)7-9-22)16-26(27(23)38)43-31(39)40/h4,10-11,13-16,21-22H,6-9,12,32H2,1-2H3,(H,39,40)(H4,33,34,35,36). The molecule has 1 aliphatic rings. The molecule has 0 radical (unpaired) electrons. The highest BCUT2D eigenvalue weighted by molar-refractivity contribution is 5.82. The summed E-state index contributed by atoms with van der Waals surface area (Å²) in [5.74, 6) is 7.46. The van der Waals surface area contributed by atoms with Gasteiger partial charge in [-0.3, -0.25) is 4.79 Å². The van der Waals surface area contributed by atoms with E-state index in [0.717, 1.165) is 31.2 Å². The maximum absolute atomic E-state index is 13.1. The molecule has 0 amide bonds. The molecule has 0 unspecified atom stereocenters. The molecule has 2 aromatic carbocycles. The van der Waals surface area contributed by atoms with Gasteiger partial charge < -0.3 is 41.1 Å². The number of carboxylic acid groups (broad SMARTS) is 1. The summed E-state index contributed by atoms with van der Waals surface area (Å²) >= 11 is 0. The summed E-state index contributed by atoms with van der Waals surface area (Å²) in [6, 6.07) is 9.02. The molecule has 1 saturated carbocycles. The van der Waals surface area contributed by atoms with Crippen LogP contribution in [0, 0.1) is 11.8 Å². The number of aromatic nitrogens is 3. The number of nitrogens with two attached hydrogens (primary N) is 3. The van der Waals surface area contributed by atoms with Gasteiger partial charge in [0.1, 0.15) is 5.82 Å². The average molecular weight is 585 g/mol. The molecule has 5 rings (SSSR count). The van der Waals surface area contributed by atoms with Crippen LogP contribution < -0.4 is 36.8 Å². The molecule has 43 heavy (non-hydrogen) atoms. The van der Waals surface area contributed by atoms with E-state index in [2.05, 4.69) is 21.8 Å². The van der Waals surface area contributed by atoms with E-state index in [4.69, 9.17) is 31.4 Å². The number of ether oxygens (including phenoxy) is 3. The number of benzene rings is 2. The van der Waals surface area contributed by atoms with Gasteiger partial charge in [-0.1, -0.05) is 11.8 Å². The zero-order valence-corrected chi connectivity index (χ0v) is 23.8. The van der Waals surface area contributed by atoms with Gasteiger partial charge in [-0.15, -0.1) is 0 Å². The van der Waals surface area contributed by atoms with Crippen molar-refractivity contribution in [3.8, 4) is 29.1 Å². The number of carbonyl (C=O) groups is 1. The second-order valence-electron chi connectivity index (χ2n) is 10.3. The molecule has 1 aliphatic carbocycles. The summed E-state index contributed by atoms with van der Waals surface area (Å²) < 4.78 is 18.0. The van der Waals surface area contributed by atoms with E-state index in [-0.39, 0.29) is 29.6 Å². The molecule has 0 atom stereocenters. The van der Waals surface area contributed by atoms with E-state index in [1.165, 1.54) is 13.3 Å². The van der Waals surface area contributed by atoms with Crippen molar-refractivity contribution in [1.29, 1.82) is 0 Å². The van der Waals surface area contributed by atoms with Crippen molar-refractivity contribution in [2.45, 2.75) is 44.2 Å². The topological polar surface area (TPSA) is 191 Å². The van der Waals surface area contributed by atoms with Crippen LogP contribution in [0.15, 0.2) is 47.5 Å². The number of hydrogen-bond donors (Lipinski definition) is 4. The molecule has 4 aromatic rings. The highest BCUT2D eigenvalue weighted by Crippen LogP contribution is 2.34. The molecule has 7 N–H and O–H groups in total. The molecule has 1 fully saturated rings. The lowest BCUT2D eigenvalue weighted by Crippen LogP contribution is -2.28. The number of methoxy groups -OCH3 is 2. The lowest BCUT2D eigenvalue weighted by Gasteiger charge is -2.29. The van der Waals surface area contributed by atoms with Gasteiger partial charge in [0.25, 0.3) is 0 Å². The van der Waals surface area contributed by atoms with Crippen molar-refractivity contribution < 1.29 is 24.1 Å². The van der Waals surface area contributed by atoms with Gasteiger partial charge in [0.2, 0.25) is 11.4 Å². The minimum Gasteiger partial charge on any atom is -0.493 e. The number of fused-ring (bicyclic) bond motifs is 1. The predicted octanol–water partition coefficient (Wildman–Crippen LogP) is 3.46. The summed E-state index contributed by atoms with van der Waals surface area (Å²) in [6.07, 6.45) is 5.13. The van der Waals surface area contributed by atoms with Crippen molar-refractivity contribution in [3.05, 3.63) is 75.2 Å². The molecule has 0 saturated heterocycles. The molecule has 0 spiro atoms. The summed E-state index contributed by atoms with van der Waals surface area (Å²) in [4.78, 5) is 32.5. The van der Waals surface area contributed by atoms with Gasteiger partial charge in [0, 0.05) is 41.2 Å². The molecule has 12 heteroatoms. The Kier molecular flexibility index (Phi) is 8.36. The van der Waals surface area contributed by atoms with Gasteiger partial charge in [-0.25, -0.2) is 9.78 Å². The Morgan fingerprint density at radius 3 is 2.51 bits per heavy atom. The second-order valence-corrected chi connectivity index (χ2v) is 10.3. The first kappa shape index (κ1) is 29.2. The summed E-state index contributed by atoms with van der Waals surface area (Å²) in [6.45, 7) is 0. The predicted molar refractivity (Wildman–Crippen MR) is 162 cm³/mol. The molecular formula is C31H32N6O6. The fraction of sp³-hybridized carbons (Fsp3) is 0.290. The van der Waals surface area contributed by atoms with Crippen LogP contribution in [0.1, 0.15) is 54.0 Å². The van der Waals surface area contributed by atoms with Crippen molar-refractivity contribution >= 4 is 28.8 Å². The van der Waals surface area contributed by atoms with E-state index in [1.807, 2.05) is 22.8 Å². The number of nitrogen functional groups attached to an aromatic ring is 2. The molecule has 0 aliphatic heterocycles. The number of anilines is 2. The molecule has 222 valence electrons. The summed E-state index contributed by atoms with van der Waals surface area (Å²) in [5, 5.41) is 9.52. The maximum atomic E-state index is 13.1. The Bertz CT molecular complexity index is 1820. The molecule has 12 nitrogen and oxygen atoms in total. The first-order valence-electron chi connectivity index (χ1n) is 13.7. The van der Waals surface area contributed by atoms with Gasteiger partial charge in [0.15, 0.2) is 17.2 Å². The Balaban J connectivity index is 1.58. The molecule has 2 aromatic heterocycles. The average Bonchev–Trinajstić information content (AvgIpc) is 2.98. The number of hydrogen-bond acceptors (Lipinski definition) is 10. The van der Waals surface area contributed by atoms with Crippen molar-refractivity contribution in [2.24, 2.45) is 5.73 Å². The first-order valence-corrected chi connectivity index (χ1v) is 13.7. The van der Waals surface area contributed by atoms with Crippen LogP contribution in [0.25, 0.3) is 10.9 Å². The smallest absolute Gasteiger partial charge is 0.493 e. The monoisotopic (exact) mass is 584 g/mol. The van der Waals surface area contributed by atoms with Crippen LogP contribution in [0.3, 0.4) is 0 Å². The van der Waals surface area contributed by atoms with Crippen LogP contribution in [0.4, 0.5) is 16.6 Å². The number of nitrogens with zero attached hydrogens (tertiary/aromatic N) is 3. The Morgan fingerprint density at radius 2 is 1.84 bits per heavy atom. The largest absolute Gasteiger partial charge is 0.511 e. The lowest BCUT2D eigenvalue weighted by atomic mass is 9.91. The van der Waals surface area contributed by atoms with Crippen LogP contribution >= 0.6 is 0 Å². The van der Waals surface area contributed by atoms with Gasteiger partial charge in [-0.05, 0) is 61.6 Å². The third-order valence-corrected chi connectivity index (χ3v) is 7.52. The fourth-order valence-corrected chi connectivity index (χ4v) is 5.40. The Labute approximate surface area is 247 Å². The molecule has 0 bridgehead atoms. The highest BCUT2D eigenvalue weighted by Gasteiger charge is 2.23. The highest BCUT2D eigenvalue weighted by atomic mass is 16.7. The van der Waals surface area contributed by atoms with Gasteiger partial charge >= 0.3 is 6.16 Å². The van der Waals surface area contributed by atoms with Gasteiger partial charge in [0.05, 0.1) is 31.5 Å². The minimum absolute atomic E-state index is 0.0213. The first-order chi connectivity index (χ1) is 20.7. The van der Waals surface area contributed by atoms with Gasteiger partial charge in [-0.2, -0.15) is 4.98 Å². The zero-order chi connectivity index (χ0) is 30.7. The fourth-order valence-electron chi connectivity index (χ4n) is 5.40. The zero-order valence-electron chi connectivity index (χ0n) is 23.8. The van der Waals surface area contributed by atoms with Crippen LogP contribution in [-0.2, 0) is 6.42 Å². The van der Waals surface area contributed by atoms with Crippen LogP contribution in [0.5, 0.6) is 17.2 Å². The Hall–Kier alpha value is -5.28. The molecule has 2 heterocycles. The quantitative estimate of drug-likeness (QED) is 0.192. The van der Waals surface area contributed by atoms with Crippen molar-refractivity contribution in [2.75, 3.05) is 25.7 Å². The molecular weight excluding hydrogens is 552 g/mol. The Morgan fingerprint density at radius 1 is 1.07 bits per heavy atom. The second kappa shape index (κ2) is 12.3. The van der Waals surface area contributed by atoms with Crippen LogP contribution in [-0.4, -0.2) is 46.1 Å². The maximum Gasteiger partial charge on any atom is 0.511 e. The summed E-state index contributed by atoms with van der Waals surface area (Å²) in [7, 11) is 3.08. The third-order valence-electron chi connectivity index (χ3n) is 7.52. The SMILES string of the molecule is COc1cc(Cc2cnc(N)nc2N)cc(C#Cc2ccc3c(=O)c(OC(=O)O)cn(C4CCC(N)CC4)c3c2)c1OC. The van der Waals surface area contributed by atoms with E-state index >= 15 is 0 Å².